The Balaban J connectivity index is 1.46. The molecule has 0 unspecified atom stereocenters. The van der Waals surface area contributed by atoms with E-state index >= 15 is 0 Å². The molecule has 2 aliphatic heterocycles. The van der Waals surface area contributed by atoms with Gasteiger partial charge in [0, 0.05) is 32.2 Å². The summed E-state index contributed by atoms with van der Waals surface area (Å²) in [5, 5.41) is 6.69. The summed E-state index contributed by atoms with van der Waals surface area (Å²) in [7, 11) is -3.58. The van der Waals surface area contributed by atoms with Gasteiger partial charge in [0.15, 0.2) is 0 Å². The van der Waals surface area contributed by atoms with Gasteiger partial charge in [-0.15, -0.1) is 11.3 Å². The van der Waals surface area contributed by atoms with Crippen molar-refractivity contribution in [1.29, 1.82) is 0 Å². The van der Waals surface area contributed by atoms with E-state index in [-0.39, 0.29) is 10.8 Å². The van der Waals surface area contributed by atoms with Crippen LogP contribution >= 0.6 is 22.9 Å². The van der Waals surface area contributed by atoms with Crippen molar-refractivity contribution >= 4 is 38.8 Å². The number of nitrogens with zero attached hydrogens (tertiary/aromatic N) is 2. The van der Waals surface area contributed by atoms with Crippen LogP contribution in [0.2, 0.25) is 4.34 Å². The van der Waals surface area contributed by atoms with Gasteiger partial charge in [0.2, 0.25) is 0 Å². The molecule has 0 amide bonds. The first-order valence-electron chi connectivity index (χ1n) is 9.53. The second-order valence-electron chi connectivity index (χ2n) is 7.33. The molecule has 4 rings (SSSR count). The number of halogens is 3. The Morgan fingerprint density at radius 2 is 1.90 bits per heavy atom. The highest BCUT2D eigenvalue weighted by Crippen LogP contribution is 2.32. The van der Waals surface area contributed by atoms with Gasteiger partial charge in [-0.1, -0.05) is 11.6 Å². The fraction of sp³-hybridized carbons (Fsp3) is 0.421. The summed E-state index contributed by atoms with van der Waals surface area (Å²) in [6, 6.07) is 6.50. The van der Waals surface area contributed by atoms with Crippen molar-refractivity contribution in [2.45, 2.75) is 29.1 Å². The highest BCUT2D eigenvalue weighted by atomic mass is 35.5. The Hall–Kier alpha value is -1.59. The number of hydrogen-bond acceptors (Lipinski definition) is 6. The van der Waals surface area contributed by atoms with Crippen LogP contribution < -0.4 is 10.6 Å². The third kappa shape index (κ3) is 4.38. The van der Waals surface area contributed by atoms with E-state index < -0.39 is 27.2 Å². The molecule has 1 saturated heterocycles. The predicted molar refractivity (Wildman–Crippen MR) is 114 cm³/mol. The summed E-state index contributed by atoms with van der Waals surface area (Å²) < 4.78 is 54.8. The number of benzene rings is 1. The van der Waals surface area contributed by atoms with E-state index in [0.717, 1.165) is 17.4 Å². The van der Waals surface area contributed by atoms with Gasteiger partial charge in [-0.25, -0.2) is 17.2 Å². The third-order valence-corrected chi connectivity index (χ3v) is 9.00. The maximum Gasteiger partial charge on any atom is 0.252 e. The molecule has 3 heterocycles. The number of sulfonamides is 1. The lowest BCUT2D eigenvalue weighted by Crippen LogP contribution is -2.64. The highest BCUT2D eigenvalue weighted by Gasteiger charge is 2.43. The summed E-state index contributed by atoms with van der Waals surface area (Å²) in [6.07, 6.45) is 1.07. The summed E-state index contributed by atoms with van der Waals surface area (Å²) in [5.74, 6) is -0.551. The Kier molecular flexibility index (Phi) is 6.13. The molecule has 1 fully saturated rings. The smallest absolute Gasteiger partial charge is 0.252 e. The molecular formula is C19H21ClF2N4O2S2. The molecule has 2 N–H and O–H groups in total. The van der Waals surface area contributed by atoms with Gasteiger partial charge < -0.3 is 10.6 Å². The van der Waals surface area contributed by atoms with E-state index in [4.69, 9.17) is 11.6 Å². The fourth-order valence-electron chi connectivity index (χ4n) is 3.91. The van der Waals surface area contributed by atoms with Crippen molar-refractivity contribution in [3.05, 3.63) is 51.9 Å². The van der Waals surface area contributed by atoms with Crippen LogP contribution in [0.25, 0.3) is 0 Å². The van der Waals surface area contributed by atoms with Crippen LogP contribution in [0.5, 0.6) is 0 Å². The van der Waals surface area contributed by atoms with E-state index in [0.29, 0.717) is 54.8 Å². The second kappa shape index (κ2) is 8.51. The lowest BCUT2D eigenvalue weighted by Gasteiger charge is -2.44. The van der Waals surface area contributed by atoms with Crippen molar-refractivity contribution in [3.8, 4) is 0 Å². The number of thiophene rings is 1. The maximum atomic E-state index is 13.5. The molecule has 11 heteroatoms. The van der Waals surface area contributed by atoms with Crippen LogP contribution in [0, 0.1) is 11.6 Å². The van der Waals surface area contributed by atoms with E-state index in [1.54, 1.807) is 6.07 Å². The molecule has 0 atom stereocenters. The Morgan fingerprint density at radius 3 is 2.53 bits per heavy atom. The fourth-order valence-corrected chi connectivity index (χ4v) is 6.99. The van der Waals surface area contributed by atoms with Crippen LogP contribution in [0.15, 0.2) is 39.5 Å². The van der Waals surface area contributed by atoms with Gasteiger partial charge in [-0.2, -0.15) is 4.31 Å². The van der Waals surface area contributed by atoms with Gasteiger partial charge in [0.25, 0.3) is 10.0 Å². The van der Waals surface area contributed by atoms with Crippen molar-refractivity contribution in [1.82, 2.24) is 14.9 Å². The van der Waals surface area contributed by atoms with Crippen molar-refractivity contribution in [2.24, 2.45) is 4.99 Å². The average molecular weight is 475 g/mol. The molecule has 2 aliphatic rings. The molecule has 162 valence electrons. The van der Waals surface area contributed by atoms with Gasteiger partial charge >= 0.3 is 0 Å². The first-order chi connectivity index (χ1) is 14.3. The number of amidine groups is 1. The number of hydrogen-bond donors (Lipinski definition) is 2. The number of aliphatic imine (C=N–C) groups is 1. The molecule has 1 spiro atoms. The topological polar surface area (TPSA) is 73.8 Å². The zero-order valence-electron chi connectivity index (χ0n) is 16.0. The zero-order chi connectivity index (χ0) is 21.4. The number of rotatable bonds is 4. The lowest BCUT2D eigenvalue weighted by atomic mass is 9.85. The molecule has 0 bridgehead atoms. The minimum absolute atomic E-state index is 0.229. The van der Waals surface area contributed by atoms with E-state index in [2.05, 4.69) is 15.6 Å². The van der Waals surface area contributed by atoms with Gasteiger partial charge in [0.1, 0.15) is 21.7 Å². The van der Waals surface area contributed by atoms with Gasteiger partial charge in [-0.05, 0) is 42.7 Å². The zero-order valence-corrected chi connectivity index (χ0v) is 18.4. The highest BCUT2D eigenvalue weighted by molar-refractivity contribution is 7.91. The monoisotopic (exact) mass is 474 g/mol. The number of nitrogens with one attached hydrogen (secondary N) is 2. The SMILES string of the molecule is O=S(=O)(c1ccc(Cl)s1)N1CCC2(CC1)NCCN=C2NCc1cc(F)cc(F)c1. The van der Waals surface area contributed by atoms with Crippen LogP contribution in [-0.2, 0) is 16.6 Å². The molecule has 1 aromatic carbocycles. The second-order valence-corrected chi connectivity index (χ2v) is 11.2. The predicted octanol–water partition coefficient (Wildman–Crippen LogP) is 2.99. The van der Waals surface area contributed by atoms with E-state index in [1.165, 1.54) is 22.5 Å². The third-order valence-electron chi connectivity index (χ3n) is 5.40. The van der Waals surface area contributed by atoms with Crippen molar-refractivity contribution in [2.75, 3.05) is 26.2 Å². The molecule has 1 aromatic heterocycles. The molecule has 30 heavy (non-hydrogen) atoms. The lowest BCUT2D eigenvalue weighted by molar-refractivity contribution is 0.241. The van der Waals surface area contributed by atoms with Crippen molar-refractivity contribution in [3.63, 3.8) is 0 Å². The van der Waals surface area contributed by atoms with Crippen LogP contribution in [0.4, 0.5) is 8.78 Å². The Morgan fingerprint density at radius 1 is 1.20 bits per heavy atom. The molecule has 0 radical (unpaired) electrons. The normalized spacial score (nSPS) is 19.6. The van der Waals surface area contributed by atoms with Gasteiger partial charge in [-0.3, -0.25) is 4.99 Å². The minimum atomic E-state index is -3.58. The molecule has 0 aliphatic carbocycles. The Bertz CT molecular complexity index is 1050. The van der Waals surface area contributed by atoms with Gasteiger partial charge in [0.05, 0.1) is 16.4 Å². The maximum absolute atomic E-state index is 13.5. The van der Waals surface area contributed by atoms with Crippen LogP contribution in [0.3, 0.4) is 0 Å². The summed E-state index contributed by atoms with van der Waals surface area (Å²) in [5.41, 5.74) is -0.00558. The minimum Gasteiger partial charge on any atom is -0.368 e. The first-order valence-corrected chi connectivity index (χ1v) is 12.2. The van der Waals surface area contributed by atoms with E-state index in [1.807, 2.05) is 0 Å². The molecule has 2 aromatic rings. The van der Waals surface area contributed by atoms with Crippen molar-refractivity contribution < 1.29 is 17.2 Å². The first kappa shape index (κ1) is 21.6. The average Bonchev–Trinajstić information content (AvgIpc) is 3.14. The van der Waals surface area contributed by atoms with Crippen LogP contribution in [0.1, 0.15) is 18.4 Å². The summed E-state index contributed by atoms with van der Waals surface area (Å²) in [4.78, 5) is 4.59. The number of piperidine rings is 1. The van der Waals surface area contributed by atoms with Crippen LogP contribution in [-0.4, -0.2) is 50.3 Å². The molecular weight excluding hydrogens is 454 g/mol. The quantitative estimate of drug-likeness (QED) is 0.714. The summed E-state index contributed by atoms with van der Waals surface area (Å²) in [6.45, 7) is 2.16. The largest absolute Gasteiger partial charge is 0.368 e. The molecule has 0 saturated carbocycles. The standard InChI is InChI=1S/C19H21ClF2N4O2S2/c20-16-1-2-17(29-16)30(27,28)26-7-3-19(4-8-26)18(23-5-6-25-19)24-12-13-9-14(21)11-15(22)10-13/h1-2,9-11,25H,3-8,12H2,(H,23,24). The van der Waals surface area contributed by atoms with E-state index in [9.17, 15) is 17.2 Å². The molecule has 6 nitrogen and oxygen atoms in total. The Labute approximate surface area is 183 Å². The summed E-state index contributed by atoms with van der Waals surface area (Å²) >= 11 is 6.95.